The van der Waals surface area contributed by atoms with E-state index < -0.39 is 11.4 Å². The summed E-state index contributed by atoms with van der Waals surface area (Å²) in [5.41, 5.74) is -0.598. The normalized spacial score (nSPS) is 11.6. The molecule has 0 unspecified atom stereocenters. The lowest BCUT2D eigenvalue weighted by molar-refractivity contribution is -0.147. The smallest absolute Gasteiger partial charge is 0.309 e. The first-order valence-electron chi connectivity index (χ1n) is 4.95. The van der Waals surface area contributed by atoms with E-state index in [0.717, 1.165) is 19.5 Å². The average Bonchev–Trinajstić information content (AvgIpc) is 2.03. The minimum atomic E-state index is -0.718. The molecule has 0 fully saturated rings. The Morgan fingerprint density at radius 3 is 2.46 bits per heavy atom. The number of carboxylic acids is 1. The summed E-state index contributed by atoms with van der Waals surface area (Å²) in [6.07, 6.45) is 3.02. The van der Waals surface area contributed by atoms with Gasteiger partial charge in [0.05, 0.1) is 5.41 Å². The fourth-order valence-corrected chi connectivity index (χ4v) is 0.935. The molecule has 0 aromatic carbocycles. The van der Waals surface area contributed by atoms with Crippen LogP contribution in [-0.4, -0.2) is 24.2 Å². The van der Waals surface area contributed by atoms with Gasteiger partial charge in [0.15, 0.2) is 0 Å². The van der Waals surface area contributed by atoms with E-state index in [0.29, 0.717) is 6.42 Å². The van der Waals surface area contributed by atoms with Gasteiger partial charge in [-0.3, -0.25) is 4.79 Å². The highest BCUT2D eigenvalue weighted by Gasteiger charge is 2.25. The van der Waals surface area contributed by atoms with Crippen LogP contribution in [0, 0.1) is 5.41 Å². The molecule has 3 nitrogen and oxygen atoms in total. The molecule has 13 heavy (non-hydrogen) atoms. The molecule has 0 aliphatic carbocycles. The van der Waals surface area contributed by atoms with Crippen molar-refractivity contribution in [1.82, 2.24) is 5.32 Å². The number of nitrogens with one attached hydrogen (secondary N) is 1. The van der Waals surface area contributed by atoms with Crippen LogP contribution in [0.15, 0.2) is 0 Å². The summed E-state index contributed by atoms with van der Waals surface area (Å²) in [5, 5.41) is 12.1. The predicted octanol–water partition coefficient (Wildman–Crippen LogP) is 1.88. The van der Waals surface area contributed by atoms with Gasteiger partial charge in [0.1, 0.15) is 0 Å². The monoisotopic (exact) mass is 187 g/mol. The summed E-state index contributed by atoms with van der Waals surface area (Å²) in [5.74, 6) is -0.718. The van der Waals surface area contributed by atoms with Gasteiger partial charge in [-0.2, -0.15) is 0 Å². The van der Waals surface area contributed by atoms with E-state index in [1.807, 2.05) is 0 Å². The molecule has 0 spiro atoms. The van der Waals surface area contributed by atoms with Gasteiger partial charge in [-0.25, -0.2) is 0 Å². The van der Waals surface area contributed by atoms with E-state index in [4.69, 9.17) is 5.11 Å². The SMILES string of the molecule is CCCCNCCC(C)(C)C(=O)O. The van der Waals surface area contributed by atoms with Crippen molar-refractivity contribution in [3.05, 3.63) is 0 Å². The van der Waals surface area contributed by atoms with Crippen molar-refractivity contribution in [2.75, 3.05) is 13.1 Å². The lowest BCUT2D eigenvalue weighted by Crippen LogP contribution is -2.29. The Labute approximate surface area is 80.5 Å². The summed E-state index contributed by atoms with van der Waals surface area (Å²) >= 11 is 0. The second-order valence-corrected chi connectivity index (χ2v) is 4.04. The Bertz CT molecular complexity index is 155. The van der Waals surface area contributed by atoms with Crippen molar-refractivity contribution in [1.29, 1.82) is 0 Å². The minimum Gasteiger partial charge on any atom is -0.481 e. The van der Waals surface area contributed by atoms with Gasteiger partial charge in [-0.15, -0.1) is 0 Å². The average molecular weight is 187 g/mol. The molecule has 0 aliphatic rings. The van der Waals surface area contributed by atoms with Crippen molar-refractivity contribution >= 4 is 5.97 Å². The third-order valence-corrected chi connectivity index (χ3v) is 2.21. The standard InChI is InChI=1S/C10H21NO2/c1-4-5-7-11-8-6-10(2,3)9(12)13/h11H,4-8H2,1-3H3,(H,12,13). The number of hydrogen-bond acceptors (Lipinski definition) is 2. The zero-order valence-corrected chi connectivity index (χ0v) is 8.89. The highest BCUT2D eigenvalue weighted by Crippen LogP contribution is 2.19. The Balaban J connectivity index is 3.46. The molecule has 0 aromatic rings. The highest BCUT2D eigenvalue weighted by molar-refractivity contribution is 5.73. The number of unbranched alkanes of at least 4 members (excludes halogenated alkanes) is 1. The molecular weight excluding hydrogens is 166 g/mol. The molecule has 0 bridgehead atoms. The van der Waals surface area contributed by atoms with Crippen LogP contribution in [0.4, 0.5) is 0 Å². The van der Waals surface area contributed by atoms with Crippen molar-refractivity contribution in [2.45, 2.75) is 40.0 Å². The zero-order chi connectivity index (χ0) is 10.3. The van der Waals surface area contributed by atoms with Crippen LogP contribution in [-0.2, 0) is 4.79 Å². The second kappa shape index (κ2) is 5.97. The van der Waals surface area contributed by atoms with Gasteiger partial charge < -0.3 is 10.4 Å². The van der Waals surface area contributed by atoms with Gasteiger partial charge in [0, 0.05) is 0 Å². The van der Waals surface area contributed by atoms with Gasteiger partial charge >= 0.3 is 5.97 Å². The van der Waals surface area contributed by atoms with Crippen LogP contribution < -0.4 is 5.32 Å². The van der Waals surface area contributed by atoms with Crippen LogP contribution in [0.2, 0.25) is 0 Å². The van der Waals surface area contributed by atoms with Crippen molar-refractivity contribution in [3.63, 3.8) is 0 Å². The molecule has 0 heterocycles. The van der Waals surface area contributed by atoms with E-state index in [2.05, 4.69) is 12.2 Å². The summed E-state index contributed by atoms with van der Waals surface area (Å²) in [4.78, 5) is 10.7. The van der Waals surface area contributed by atoms with Gasteiger partial charge in [-0.1, -0.05) is 13.3 Å². The lowest BCUT2D eigenvalue weighted by Gasteiger charge is -2.18. The first-order chi connectivity index (χ1) is 6.00. The maximum atomic E-state index is 10.7. The van der Waals surface area contributed by atoms with Gasteiger partial charge in [0.2, 0.25) is 0 Å². The molecule has 0 aliphatic heterocycles. The third-order valence-electron chi connectivity index (χ3n) is 2.21. The van der Waals surface area contributed by atoms with Crippen molar-refractivity contribution < 1.29 is 9.90 Å². The minimum absolute atomic E-state index is 0.598. The second-order valence-electron chi connectivity index (χ2n) is 4.04. The Kier molecular flexibility index (Phi) is 5.71. The van der Waals surface area contributed by atoms with Gasteiger partial charge in [-0.05, 0) is 39.8 Å². The molecule has 0 rings (SSSR count). The number of rotatable bonds is 7. The van der Waals surface area contributed by atoms with Crippen molar-refractivity contribution in [3.8, 4) is 0 Å². The number of hydrogen-bond donors (Lipinski definition) is 2. The first kappa shape index (κ1) is 12.4. The van der Waals surface area contributed by atoms with E-state index >= 15 is 0 Å². The quantitative estimate of drug-likeness (QED) is 0.598. The maximum Gasteiger partial charge on any atom is 0.309 e. The van der Waals surface area contributed by atoms with Crippen LogP contribution in [0.5, 0.6) is 0 Å². The summed E-state index contributed by atoms with van der Waals surface area (Å²) in [6, 6.07) is 0. The Hall–Kier alpha value is -0.570. The molecule has 0 saturated carbocycles. The Morgan fingerprint density at radius 1 is 1.38 bits per heavy atom. The topological polar surface area (TPSA) is 49.3 Å². The number of carboxylic acid groups (broad SMARTS) is 1. The lowest BCUT2D eigenvalue weighted by atomic mass is 9.90. The van der Waals surface area contributed by atoms with E-state index in [-0.39, 0.29) is 0 Å². The molecular formula is C10H21NO2. The molecule has 78 valence electrons. The van der Waals surface area contributed by atoms with Crippen LogP contribution >= 0.6 is 0 Å². The van der Waals surface area contributed by atoms with E-state index in [9.17, 15) is 4.79 Å². The largest absolute Gasteiger partial charge is 0.481 e. The van der Waals surface area contributed by atoms with Crippen LogP contribution in [0.25, 0.3) is 0 Å². The molecule has 0 saturated heterocycles. The predicted molar refractivity (Wildman–Crippen MR) is 53.8 cm³/mol. The van der Waals surface area contributed by atoms with E-state index in [1.54, 1.807) is 13.8 Å². The summed E-state index contributed by atoms with van der Waals surface area (Å²) in [6.45, 7) is 7.45. The molecule has 0 radical (unpaired) electrons. The van der Waals surface area contributed by atoms with Gasteiger partial charge in [0.25, 0.3) is 0 Å². The van der Waals surface area contributed by atoms with Crippen LogP contribution in [0.1, 0.15) is 40.0 Å². The molecule has 0 amide bonds. The fraction of sp³-hybridized carbons (Fsp3) is 0.900. The van der Waals surface area contributed by atoms with Crippen molar-refractivity contribution in [2.24, 2.45) is 5.41 Å². The third kappa shape index (κ3) is 5.64. The molecule has 3 heteroatoms. The first-order valence-corrected chi connectivity index (χ1v) is 4.95. The maximum absolute atomic E-state index is 10.7. The Morgan fingerprint density at radius 2 is 2.00 bits per heavy atom. The highest BCUT2D eigenvalue weighted by atomic mass is 16.4. The number of carbonyl (C=O) groups is 1. The van der Waals surface area contributed by atoms with Crippen LogP contribution in [0.3, 0.4) is 0 Å². The summed E-state index contributed by atoms with van der Waals surface area (Å²) < 4.78 is 0. The summed E-state index contributed by atoms with van der Waals surface area (Å²) in [7, 11) is 0. The van der Waals surface area contributed by atoms with E-state index in [1.165, 1.54) is 6.42 Å². The number of aliphatic carboxylic acids is 1. The molecule has 2 N–H and O–H groups in total. The molecule has 0 aromatic heterocycles. The fourth-order valence-electron chi connectivity index (χ4n) is 0.935. The molecule has 0 atom stereocenters. The zero-order valence-electron chi connectivity index (χ0n) is 8.89.